The van der Waals surface area contributed by atoms with Crippen molar-refractivity contribution in [3.8, 4) is 22.6 Å². The van der Waals surface area contributed by atoms with E-state index in [2.05, 4.69) is 0 Å². The van der Waals surface area contributed by atoms with E-state index in [-0.39, 0.29) is 19.4 Å². The monoisotopic (exact) mass is 508 g/mol. The Balaban J connectivity index is 1.58. The third-order valence-electron chi connectivity index (χ3n) is 6.09. The molecule has 3 N–H and O–H groups in total. The van der Waals surface area contributed by atoms with Gasteiger partial charge in [-0.3, -0.25) is 14.4 Å². The molecule has 2 amide bonds. The maximum Gasteiger partial charge on any atom is 0.303 e. The summed E-state index contributed by atoms with van der Waals surface area (Å²) in [5, 5.41) is 9.19. The van der Waals surface area contributed by atoms with Crippen molar-refractivity contribution in [2.24, 2.45) is 5.73 Å². The highest BCUT2D eigenvalue weighted by Gasteiger charge is 2.29. The Bertz CT molecular complexity index is 1370. The van der Waals surface area contributed by atoms with Gasteiger partial charge >= 0.3 is 5.97 Å². The molecular weight excluding hydrogens is 480 g/mol. The van der Waals surface area contributed by atoms with Crippen molar-refractivity contribution in [2.45, 2.75) is 25.4 Å². The lowest BCUT2D eigenvalue weighted by molar-refractivity contribution is -0.137. The van der Waals surface area contributed by atoms with Gasteiger partial charge < -0.3 is 20.5 Å². The molecule has 4 aromatic carbocycles. The lowest BCUT2D eigenvalue weighted by Crippen LogP contribution is -2.47. The van der Waals surface area contributed by atoms with Crippen molar-refractivity contribution in [3.05, 3.63) is 120 Å². The fourth-order valence-electron chi connectivity index (χ4n) is 4.12. The second-order valence-corrected chi connectivity index (χ2v) is 8.79. The third-order valence-corrected chi connectivity index (χ3v) is 6.09. The number of benzene rings is 4. The highest BCUT2D eigenvalue weighted by Crippen LogP contribution is 2.24. The second kappa shape index (κ2) is 12.4. The van der Waals surface area contributed by atoms with Gasteiger partial charge in [-0.2, -0.15) is 0 Å². The van der Waals surface area contributed by atoms with Gasteiger partial charge in [0.2, 0.25) is 5.91 Å². The third kappa shape index (κ3) is 6.85. The summed E-state index contributed by atoms with van der Waals surface area (Å²) in [7, 11) is 0. The van der Waals surface area contributed by atoms with Gasteiger partial charge in [-0.05, 0) is 59.5 Å². The van der Waals surface area contributed by atoms with Gasteiger partial charge in [-0.15, -0.1) is 0 Å². The summed E-state index contributed by atoms with van der Waals surface area (Å²) in [6, 6.07) is 32.2. The number of carbonyl (C=O) groups is 3. The molecule has 0 aromatic heterocycles. The molecule has 0 saturated heterocycles. The molecule has 0 fully saturated rings. The van der Waals surface area contributed by atoms with Gasteiger partial charge in [0, 0.05) is 18.5 Å². The van der Waals surface area contributed by atoms with Crippen molar-refractivity contribution in [1.82, 2.24) is 4.90 Å². The van der Waals surface area contributed by atoms with Crippen molar-refractivity contribution >= 4 is 17.8 Å². The van der Waals surface area contributed by atoms with E-state index in [9.17, 15) is 19.5 Å². The van der Waals surface area contributed by atoms with Crippen LogP contribution in [0.3, 0.4) is 0 Å². The number of ether oxygens (including phenoxy) is 1. The van der Waals surface area contributed by atoms with E-state index >= 15 is 0 Å². The summed E-state index contributed by atoms with van der Waals surface area (Å²) >= 11 is 0. The lowest BCUT2D eigenvalue weighted by atomic mass is 10.0. The first-order valence-electron chi connectivity index (χ1n) is 12.2. The van der Waals surface area contributed by atoms with Crippen LogP contribution < -0.4 is 10.5 Å². The van der Waals surface area contributed by atoms with E-state index < -0.39 is 23.8 Å². The molecule has 0 spiro atoms. The Morgan fingerprint density at radius 1 is 0.737 bits per heavy atom. The first kappa shape index (κ1) is 26.2. The number of hydrogen-bond acceptors (Lipinski definition) is 4. The normalized spacial score (nSPS) is 11.4. The van der Waals surface area contributed by atoms with Gasteiger partial charge in [0.05, 0.1) is 0 Å². The number of carboxylic acid groups (broad SMARTS) is 1. The maximum atomic E-state index is 13.6. The van der Waals surface area contributed by atoms with Crippen molar-refractivity contribution in [3.63, 3.8) is 0 Å². The Morgan fingerprint density at radius 2 is 1.29 bits per heavy atom. The smallest absolute Gasteiger partial charge is 0.303 e. The largest absolute Gasteiger partial charge is 0.481 e. The summed E-state index contributed by atoms with van der Waals surface area (Å²) < 4.78 is 5.83. The predicted octanol–water partition coefficient (Wildman–Crippen LogP) is 5.51. The zero-order valence-electron chi connectivity index (χ0n) is 20.7. The Hall–Kier alpha value is -4.91. The van der Waals surface area contributed by atoms with E-state index in [1.54, 1.807) is 36.4 Å². The predicted molar refractivity (Wildman–Crippen MR) is 145 cm³/mol. The number of aliphatic carboxylic acids is 1. The van der Waals surface area contributed by atoms with Gasteiger partial charge in [-0.1, -0.05) is 72.8 Å². The lowest BCUT2D eigenvalue weighted by Gasteiger charge is -2.30. The minimum absolute atomic E-state index is 0.0676. The van der Waals surface area contributed by atoms with Crippen LogP contribution >= 0.6 is 0 Å². The van der Waals surface area contributed by atoms with Crippen LogP contribution in [0.1, 0.15) is 28.8 Å². The number of hydrogen-bond donors (Lipinski definition) is 2. The van der Waals surface area contributed by atoms with Crippen molar-refractivity contribution in [2.75, 3.05) is 0 Å². The molecule has 0 heterocycles. The van der Waals surface area contributed by atoms with Crippen LogP contribution in [0.2, 0.25) is 0 Å². The summed E-state index contributed by atoms with van der Waals surface area (Å²) in [4.78, 5) is 38.6. The van der Waals surface area contributed by atoms with Crippen LogP contribution in [-0.2, 0) is 16.1 Å². The molecule has 7 nitrogen and oxygen atoms in total. The molecule has 7 heteroatoms. The second-order valence-electron chi connectivity index (χ2n) is 8.79. The molecule has 192 valence electrons. The number of nitrogens with zero attached hydrogens (tertiary/aromatic N) is 1. The molecule has 0 bridgehead atoms. The fraction of sp³-hybridized carbons (Fsp3) is 0.129. The van der Waals surface area contributed by atoms with E-state index in [1.165, 1.54) is 4.90 Å². The summed E-state index contributed by atoms with van der Waals surface area (Å²) in [6.45, 7) is 0.0676. The van der Waals surface area contributed by atoms with Gasteiger partial charge in [0.15, 0.2) is 0 Å². The molecule has 0 unspecified atom stereocenters. The number of nitrogens with two attached hydrogens (primary N) is 1. The molecule has 0 aliphatic rings. The first-order chi connectivity index (χ1) is 18.4. The molecular formula is C31H28N2O5. The fourth-order valence-corrected chi connectivity index (χ4v) is 4.12. The molecule has 1 atom stereocenters. The van der Waals surface area contributed by atoms with Crippen LogP contribution in [0, 0.1) is 0 Å². The van der Waals surface area contributed by atoms with E-state index in [4.69, 9.17) is 10.5 Å². The van der Waals surface area contributed by atoms with Crippen LogP contribution in [0.25, 0.3) is 11.1 Å². The summed E-state index contributed by atoms with van der Waals surface area (Å²) in [5.74, 6) is -0.934. The topological polar surface area (TPSA) is 110 Å². The minimum atomic E-state index is -1.09. The number of para-hydroxylation sites is 1. The SMILES string of the molecule is NC(=O)[C@H](CCC(=O)O)N(Cc1ccc(Oc2ccccc2)cc1)C(=O)c1ccc(-c2ccccc2)cc1. The minimum Gasteiger partial charge on any atom is -0.481 e. The maximum absolute atomic E-state index is 13.6. The summed E-state index contributed by atoms with van der Waals surface area (Å²) in [5.41, 5.74) is 8.72. The number of carboxylic acids is 1. The highest BCUT2D eigenvalue weighted by atomic mass is 16.5. The quantitative estimate of drug-likeness (QED) is 0.278. The number of amides is 2. The van der Waals surface area contributed by atoms with Gasteiger partial charge in [-0.25, -0.2) is 0 Å². The van der Waals surface area contributed by atoms with Gasteiger partial charge in [0.1, 0.15) is 17.5 Å². The van der Waals surface area contributed by atoms with Crippen LogP contribution in [0.5, 0.6) is 11.5 Å². The molecule has 38 heavy (non-hydrogen) atoms. The zero-order valence-corrected chi connectivity index (χ0v) is 20.7. The van der Waals surface area contributed by atoms with Gasteiger partial charge in [0.25, 0.3) is 5.91 Å². The Kier molecular flexibility index (Phi) is 8.51. The molecule has 0 aliphatic carbocycles. The van der Waals surface area contributed by atoms with Crippen LogP contribution in [-0.4, -0.2) is 33.8 Å². The number of primary amides is 1. The van der Waals surface area contributed by atoms with E-state index in [0.717, 1.165) is 16.7 Å². The standard InChI is InChI=1S/C31H28N2O5/c32-30(36)28(19-20-29(34)35)33(21-22-11-17-27(18-12-22)38-26-9-5-2-6-10-26)31(37)25-15-13-24(14-16-25)23-7-3-1-4-8-23/h1-18,28H,19-21H2,(H2,32,36)(H,34,35)/t28-/m0/s1. The van der Waals surface area contributed by atoms with Crippen LogP contribution in [0.15, 0.2) is 109 Å². The van der Waals surface area contributed by atoms with Crippen molar-refractivity contribution in [1.29, 1.82) is 0 Å². The number of rotatable bonds is 11. The van der Waals surface area contributed by atoms with E-state index in [0.29, 0.717) is 17.1 Å². The average molecular weight is 509 g/mol. The first-order valence-corrected chi connectivity index (χ1v) is 12.2. The Labute approximate surface area is 221 Å². The van der Waals surface area contributed by atoms with Crippen molar-refractivity contribution < 1.29 is 24.2 Å². The average Bonchev–Trinajstić information content (AvgIpc) is 2.94. The number of carbonyl (C=O) groups excluding carboxylic acids is 2. The molecule has 4 aromatic rings. The van der Waals surface area contributed by atoms with E-state index in [1.807, 2.05) is 72.8 Å². The highest BCUT2D eigenvalue weighted by molar-refractivity contribution is 5.97. The Morgan fingerprint density at radius 3 is 1.87 bits per heavy atom. The summed E-state index contributed by atoms with van der Waals surface area (Å²) in [6.07, 6.45) is -0.387. The van der Waals surface area contributed by atoms with Crippen LogP contribution in [0.4, 0.5) is 0 Å². The molecule has 4 rings (SSSR count). The zero-order chi connectivity index (χ0) is 26.9. The molecule has 0 saturated carbocycles. The molecule has 0 radical (unpaired) electrons. The molecule has 0 aliphatic heterocycles.